The maximum absolute atomic E-state index is 9.59. The van der Waals surface area contributed by atoms with Crippen molar-refractivity contribution in [1.29, 1.82) is 0 Å². The number of piperazine rings is 1. The number of piperidine rings is 2. The molecule has 0 saturated carbocycles. The molecule has 1 N–H and O–H groups in total. The maximum atomic E-state index is 9.59. The molecule has 0 amide bonds. The molecule has 0 radical (unpaired) electrons. The van der Waals surface area contributed by atoms with E-state index >= 15 is 0 Å². The van der Waals surface area contributed by atoms with Crippen molar-refractivity contribution in [1.82, 2.24) is 19.6 Å². The zero-order chi connectivity index (χ0) is 18.5. The van der Waals surface area contributed by atoms with Crippen LogP contribution in [-0.2, 0) is 4.74 Å². The standard InChI is InChI=1S/C20H40N4O2/c1-17(25)14-23-10-12-24(13-11-23)16-18-15-22(3)9-6-20(18)26-19-4-7-21(2)8-5-19/h17-20,25H,4-16H2,1-3H3/t17-,18?,20?/m0/s1. The SMILES string of the molecule is C[C@H](O)CN1CCN(CC2CN(C)CCC2OC2CCN(C)CC2)CC1. The van der Waals surface area contributed by atoms with Gasteiger partial charge in [-0.1, -0.05) is 0 Å². The average molecular weight is 369 g/mol. The van der Waals surface area contributed by atoms with Crippen molar-refractivity contribution >= 4 is 0 Å². The van der Waals surface area contributed by atoms with E-state index in [4.69, 9.17) is 4.74 Å². The van der Waals surface area contributed by atoms with Gasteiger partial charge in [0.25, 0.3) is 0 Å². The molecule has 3 rings (SSSR count). The monoisotopic (exact) mass is 368 g/mol. The van der Waals surface area contributed by atoms with Gasteiger partial charge in [-0.2, -0.15) is 0 Å². The fourth-order valence-corrected chi connectivity index (χ4v) is 4.77. The zero-order valence-corrected chi connectivity index (χ0v) is 17.1. The summed E-state index contributed by atoms with van der Waals surface area (Å²) in [6.07, 6.45) is 4.22. The predicted molar refractivity (Wildman–Crippen MR) is 106 cm³/mol. The molecule has 0 aromatic rings. The van der Waals surface area contributed by atoms with Crippen LogP contribution < -0.4 is 0 Å². The van der Waals surface area contributed by atoms with Crippen molar-refractivity contribution < 1.29 is 9.84 Å². The van der Waals surface area contributed by atoms with Crippen LogP contribution in [0, 0.1) is 5.92 Å². The smallest absolute Gasteiger partial charge is 0.0643 e. The fraction of sp³-hybridized carbons (Fsp3) is 1.00. The summed E-state index contributed by atoms with van der Waals surface area (Å²) in [4.78, 5) is 9.90. The lowest BCUT2D eigenvalue weighted by atomic mass is 9.93. The van der Waals surface area contributed by atoms with Crippen LogP contribution >= 0.6 is 0 Å². The van der Waals surface area contributed by atoms with Gasteiger partial charge in [0.2, 0.25) is 0 Å². The Morgan fingerprint density at radius 2 is 1.50 bits per heavy atom. The van der Waals surface area contributed by atoms with Crippen molar-refractivity contribution in [2.75, 3.05) is 79.5 Å². The molecule has 0 aromatic heterocycles. The van der Waals surface area contributed by atoms with Gasteiger partial charge in [0.05, 0.1) is 18.3 Å². The summed E-state index contributed by atoms with van der Waals surface area (Å²) in [6.45, 7) is 12.9. The lowest BCUT2D eigenvalue weighted by Crippen LogP contribution is -2.53. The number of hydrogen-bond acceptors (Lipinski definition) is 6. The Hall–Kier alpha value is -0.240. The second-order valence-corrected chi connectivity index (χ2v) is 8.94. The number of hydrogen-bond donors (Lipinski definition) is 1. The molecule has 3 fully saturated rings. The molecule has 6 nitrogen and oxygen atoms in total. The van der Waals surface area contributed by atoms with Crippen LogP contribution in [-0.4, -0.2) is 123 Å². The van der Waals surface area contributed by atoms with Crippen LogP contribution in [0.25, 0.3) is 0 Å². The molecular weight excluding hydrogens is 328 g/mol. The van der Waals surface area contributed by atoms with E-state index < -0.39 is 0 Å². The Kier molecular flexibility index (Phi) is 7.73. The summed E-state index contributed by atoms with van der Waals surface area (Å²) in [5, 5.41) is 9.59. The highest BCUT2D eigenvalue weighted by molar-refractivity contribution is 4.86. The lowest BCUT2D eigenvalue weighted by Gasteiger charge is -2.43. The third-order valence-electron chi connectivity index (χ3n) is 6.38. The van der Waals surface area contributed by atoms with Gasteiger partial charge in [-0.25, -0.2) is 0 Å². The highest BCUT2D eigenvalue weighted by Crippen LogP contribution is 2.25. The van der Waals surface area contributed by atoms with Crippen molar-refractivity contribution in [3.63, 3.8) is 0 Å². The molecule has 3 aliphatic rings. The second kappa shape index (κ2) is 9.80. The summed E-state index contributed by atoms with van der Waals surface area (Å²) >= 11 is 0. The van der Waals surface area contributed by atoms with Crippen molar-refractivity contribution in [3.8, 4) is 0 Å². The lowest BCUT2D eigenvalue weighted by molar-refractivity contribution is -0.0947. The first kappa shape index (κ1) is 20.5. The number of aliphatic hydroxyl groups is 1. The number of likely N-dealkylation sites (tertiary alicyclic amines) is 2. The maximum Gasteiger partial charge on any atom is 0.0643 e. The van der Waals surface area contributed by atoms with Crippen LogP contribution in [0.1, 0.15) is 26.2 Å². The van der Waals surface area contributed by atoms with E-state index in [9.17, 15) is 5.11 Å². The van der Waals surface area contributed by atoms with Crippen LogP contribution in [0.5, 0.6) is 0 Å². The Bertz CT molecular complexity index is 407. The number of nitrogens with zero attached hydrogens (tertiary/aromatic N) is 4. The summed E-state index contributed by atoms with van der Waals surface area (Å²) in [5.41, 5.74) is 0. The fourth-order valence-electron chi connectivity index (χ4n) is 4.77. The van der Waals surface area contributed by atoms with E-state index in [2.05, 4.69) is 33.7 Å². The number of β-amino-alcohol motifs (C(OH)–C–C–N with tert-alkyl or cyclic N) is 1. The molecule has 2 unspecified atom stereocenters. The van der Waals surface area contributed by atoms with E-state index in [1.54, 1.807) is 0 Å². The molecule has 0 aromatic carbocycles. The second-order valence-electron chi connectivity index (χ2n) is 8.94. The third kappa shape index (κ3) is 6.14. The highest BCUT2D eigenvalue weighted by atomic mass is 16.5. The molecule has 3 atom stereocenters. The van der Waals surface area contributed by atoms with E-state index in [1.165, 1.54) is 32.4 Å². The van der Waals surface area contributed by atoms with Crippen molar-refractivity contribution in [2.24, 2.45) is 5.92 Å². The van der Waals surface area contributed by atoms with Gasteiger partial charge >= 0.3 is 0 Å². The van der Waals surface area contributed by atoms with Crippen LogP contribution in [0.4, 0.5) is 0 Å². The van der Waals surface area contributed by atoms with Crippen LogP contribution in [0.3, 0.4) is 0 Å². The predicted octanol–water partition coefficient (Wildman–Crippen LogP) is 0.416. The minimum Gasteiger partial charge on any atom is -0.392 e. The summed E-state index contributed by atoms with van der Waals surface area (Å²) in [5.74, 6) is 0.622. The first-order chi connectivity index (χ1) is 12.5. The third-order valence-corrected chi connectivity index (χ3v) is 6.38. The molecular formula is C20H40N4O2. The van der Waals surface area contributed by atoms with Crippen LogP contribution in [0.2, 0.25) is 0 Å². The molecule has 0 aliphatic carbocycles. The van der Waals surface area contributed by atoms with Gasteiger partial charge in [-0.15, -0.1) is 0 Å². The molecule has 3 saturated heterocycles. The Morgan fingerprint density at radius 3 is 2.15 bits per heavy atom. The van der Waals surface area contributed by atoms with Gasteiger partial charge in [-0.05, 0) is 40.3 Å². The summed E-state index contributed by atoms with van der Waals surface area (Å²) in [6, 6.07) is 0. The summed E-state index contributed by atoms with van der Waals surface area (Å²) < 4.78 is 6.63. The van der Waals surface area contributed by atoms with Crippen LogP contribution in [0.15, 0.2) is 0 Å². The quantitative estimate of drug-likeness (QED) is 0.733. The number of ether oxygens (including phenoxy) is 1. The van der Waals surface area contributed by atoms with E-state index in [0.29, 0.717) is 18.1 Å². The van der Waals surface area contributed by atoms with Gasteiger partial charge in [0.1, 0.15) is 0 Å². The average Bonchev–Trinajstić information content (AvgIpc) is 2.60. The Labute approximate surface area is 160 Å². The van der Waals surface area contributed by atoms with Gasteiger partial charge in [0, 0.05) is 71.4 Å². The van der Waals surface area contributed by atoms with Crippen molar-refractivity contribution in [2.45, 2.75) is 44.5 Å². The minimum absolute atomic E-state index is 0.221. The molecule has 0 spiro atoms. The number of rotatable bonds is 6. The molecule has 0 bridgehead atoms. The first-order valence-electron chi connectivity index (χ1n) is 10.6. The van der Waals surface area contributed by atoms with Gasteiger partial charge in [-0.3, -0.25) is 4.90 Å². The van der Waals surface area contributed by atoms with Gasteiger partial charge in [0.15, 0.2) is 0 Å². The molecule has 3 heterocycles. The molecule has 152 valence electrons. The largest absolute Gasteiger partial charge is 0.392 e. The minimum atomic E-state index is -0.221. The Morgan fingerprint density at radius 1 is 0.885 bits per heavy atom. The highest BCUT2D eigenvalue weighted by Gasteiger charge is 2.33. The topological polar surface area (TPSA) is 42.4 Å². The van der Waals surface area contributed by atoms with Gasteiger partial charge < -0.3 is 24.5 Å². The summed E-state index contributed by atoms with van der Waals surface area (Å²) in [7, 11) is 4.46. The Balaban J connectivity index is 1.47. The van der Waals surface area contributed by atoms with Crippen molar-refractivity contribution in [3.05, 3.63) is 0 Å². The molecule has 6 heteroatoms. The number of aliphatic hydroxyl groups excluding tert-OH is 1. The van der Waals surface area contributed by atoms with E-state index in [1.807, 2.05) is 6.92 Å². The van der Waals surface area contributed by atoms with E-state index in [0.717, 1.165) is 52.4 Å². The zero-order valence-electron chi connectivity index (χ0n) is 17.1. The van der Waals surface area contributed by atoms with E-state index in [-0.39, 0.29) is 6.10 Å². The first-order valence-corrected chi connectivity index (χ1v) is 10.6. The molecule has 26 heavy (non-hydrogen) atoms. The molecule has 3 aliphatic heterocycles. The normalized spacial score (nSPS) is 32.8.